The summed E-state index contributed by atoms with van der Waals surface area (Å²) in [7, 11) is 0. The Morgan fingerprint density at radius 2 is 1.92 bits per heavy atom. The molecule has 4 N–H and O–H groups in total. The highest BCUT2D eigenvalue weighted by Crippen LogP contribution is 2.26. The van der Waals surface area contributed by atoms with Crippen molar-refractivity contribution in [2.75, 3.05) is 22.9 Å². The minimum Gasteiger partial charge on any atom is -0.368 e. The Morgan fingerprint density at radius 1 is 1.04 bits per heavy atom. The Kier molecular flexibility index (Phi) is 3.91. The third-order valence-corrected chi connectivity index (χ3v) is 3.70. The minimum atomic E-state index is 0.174. The van der Waals surface area contributed by atoms with Crippen LogP contribution in [0, 0.1) is 0 Å². The normalized spacial score (nSPS) is 12.4. The van der Waals surface area contributed by atoms with E-state index in [0.717, 1.165) is 17.8 Å². The highest BCUT2D eigenvalue weighted by molar-refractivity contribution is 5.96. The van der Waals surface area contributed by atoms with Crippen molar-refractivity contribution >= 4 is 34.8 Å². The maximum Gasteiger partial charge on any atom is 0.223 e. The molecule has 0 bridgehead atoms. The number of aliphatic imine (C=N–C) groups is 1. The summed E-state index contributed by atoms with van der Waals surface area (Å²) in [5.41, 5.74) is 9.13. The summed E-state index contributed by atoms with van der Waals surface area (Å²) in [5, 5.41) is 6.30. The largest absolute Gasteiger partial charge is 0.368 e. The van der Waals surface area contributed by atoms with Crippen molar-refractivity contribution < 1.29 is 0 Å². The van der Waals surface area contributed by atoms with Crippen molar-refractivity contribution in [3.8, 4) is 0 Å². The van der Waals surface area contributed by atoms with Crippen LogP contribution in [-0.4, -0.2) is 32.2 Å². The molecule has 0 spiro atoms. The average Bonchev–Trinajstić information content (AvgIpc) is 3.03. The lowest BCUT2D eigenvalue weighted by Gasteiger charge is -2.09. The number of rotatable bonds is 5. The zero-order valence-electron chi connectivity index (χ0n) is 13.3. The molecule has 8 heteroatoms. The van der Waals surface area contributed by atoms with Gasteiger partial charge >= 0.3 is 0 Å². The lowest BCUT2D eigenvalue weighted by atomic mass is 10.1. The van der Waals surface area contributed by atoms with Gasteiger partial charge in [-0.25, -0.2) is 4.98 Å². The molecular formula is C17H16N8. The molecule has 2 aromatic heterocycles. The van der Waals surface area contributed by atoms with Gasteiger partial charge in [0.2, 0.25) is 5.95 Å². The van der Waals surface area contributed by atoms with Gasteiger partial charge in [0.25, 0.3) is 0 Å². The molecular weight excluding hydrogens is 316 g/mol. The van der Waals surface area contributed by atoms with Crippen molar-refractivity contribution in [2.24, 2.45) is 4.99 Å². The first-order valence-corrected chi connectivity index (χ1v) is 7.82. The van der Waals surface area contributed by atoms with Gasteiger partial charge in [0.05, 0.1) is 18.4 Å². The molecule has 1 aliphatic heterocycles. The molecule has 25 heavy (non-hydrogen) atoms. The van der Waals surface area contributed by atoms with Crippen LogP contribution in [-0.2, 0) is 6.42 Å². The van der Waals surface area contributed by atoms with Gasteiger partial charge in [0.1, 0.15) is 17.5 Å². The monoisotopic (exact) mass is 332 g/mol. The second kappa shape index (κ2) is 6.52. The number of nitrogen functional groups attached to an aromatic ring is 1. The predicted molar refractivity (Wildman–Crippen MR) is 97.5 cm³/mol. The quantitative estimate of drug-likeness (QED) is 0.657. The van der Waals surface area contributed by atoms with Crippen LogP contribution in [0.4, 0.5) is 29.1 Å². The third-order valence-electron chi connectivity index (χ3n) is 3.70. The number of aromatic nitrogens is 4. The fraction of sp³-hybridized carbons (Fsp3) is 0.118. The molecule has 4 rings (SSSR count). The Labute approximate surface area is 144 Å². The number of para-hydroxylation sites is 1. The topological polar surface area (TPSA) is 114 Å². The van der Waals surface area contributed by atoms with E-state index in [9.17, 15) is 0 Å². The highest BCUT2D eigenvalue weighted by atomic mass is 15.1. The van der Waals surface area contributed by atoms with Gasteiger partial charge in [0.15, 0.2) is 0 Å². The molecule has 124 valence electrons. The molecule has 3 heterocycles. The van der Waals surface area contributed by atoms with E-state index in [-0.39, 0.29) is 5.95 Å². The van der Waals surface area contributed by atoms with E-state index in [1.54, 1.807) is 24.7 Å². The van der Waals surface area contributed by atoms with Crippen LogP contribution in [0.15, 0.2) is 53.9 Å². The Hall–Kier alpha value is -3.55. The molecule has 0 radical (unpaired) electrons. The maximum absolute atomic E-state index is 5.80. The standard InChI is InChI=1S/C17H16N8/c18-17-24-14(8-15(25-17)23-16-10-19-5-6-20-16)21-9-12-7-11-3-1-2-4-13(11)22-12/h1-6,8,10H,7,9H2,(H4,18,20,21,23,24,25). The van der Waals surface area contributed by atoms with Crippen LogP contribution < -0.4 is 16.4 Å². The summed E-state index contributed by atoms with van der Waals surface area (Å²) >= 11 is 0. The lowest BCUT2D eigenvalue weighted by Crippen LogP contribution is -2.15. The van der Waals surface area contributed by atoms with E-state index in [4.69, 9.17) is 5.73 Å². The van der Waals surface area contributed by atoms with Crippen LogP contribution in [0.2, 0.25) is 0 Å². The molecule has 0 saturated heterocycles. The molecule has 0 unspecified atom stereocenters. The van der Waals surface area contributed by atoms with E-state index in [2.05, 4.69) is 41.6 Å². The third kappa shape index (κ3) is 3.52. The SMILES string of the molecule is Nc1nc(NCC2=Nc3ccccc3C2)cc(Nc2cnccn2)n1. The number of hydrogen-bond donors (Lipinski definition) is 3. The summed E-state index contributed by atoms with van der Waals surface area (Å²) in [5.74, 6) is 1.93. The molecule has 0 fully saturated rings. The number of nitrogens with two attached hydrogens (primary N) is 1. The number of fused-ring (bicyclic) bond motifs is 1. The summed E-state index contributed by atoms with van der Waals surface area (Å²) in [6, 6.07) is 9.91. The first-order valence-electron chi connectivity index (χ1n) is 7.82. The number of nitrogens with zero attached hydrogens (tertiary/aromatic N) is 5. The lowest BCUT2D eigenvalue weighted by molar-refractivity contribution is 1.14. The minimum absolute atomic E-state index is 0.174. The number of anilines is 4. The van der Waals surface area contributed by atoms with Gasteiger partial charge in [-0.3, -0.25) is 9.98 Å². The first kappa shape index (κ1) is 15.0. The smallest absolute Gasteiger partial charge is 0.223 e. The number of benzene rings is 1. The van der Waals surface area contributed by atoms with Crippen LogP contribution in [0.5, 0.6) is 0 Å². The number of nitrogens with one attached hydrogen (secondary N) is 2. The molecule has 0 aliphatic carbocycles. The van der Waals surface area contributed by atoms with Crippen LogP contribution in [0.1, 0.15) is 5.56 Å². The molecule has 8 nitrogen and oxygen atoms in total. The first-order chi connectivity index (χ1) is 12.3. The molecule has 1 aliphatic rings. The summed E-state index contributed by atoms with van der Waals surface area (Å²) < 4.78 is 0. The van der Waals surface area contributed by atoms with Crippen LogP contribution in [0.25, 0.3) is 0 Å². The van der Waals surface area contributed by atoms with E-state index in [0.29, 0.717) is 24.0 Å². The fourth-order valence-corrected chi connectivity index (χ4v) is 2.61. The maximum atomic E-state index is 5.80. The summed E-state index contributed by atoms with van der Waals surface area (Å²) in [4.78, 5) is 21.1. The van der Waals surface area contributed by atoms with Gasteiger partial charge in [-0.1, -0.05) is 18.2 Å². The van der Waals surface area contributed by atoms with E-state index in [1.807, 2.05) is 18.2 Å². The van der Waals surface area contributed by atoms with Crippen molar-refractivity contribution in [3.05, 3.63) is 54.5 Å². The molecule has 3 aromatic rings. The zero-order valence-corrected chi connectivity index (χ0v) is 13.3. The van der Waals surface area contributed by atoms with Crippen LogP contribution >= 0.6 is 0 Å². The summed E-state index contributed by atoms with van der Waals surface area (Å²) in [6.45, 7) is 0.593. The van der Waals surface area contributed by atoms with E-state index >= 15 is 0 Å². The van der Waals surface area contributed by atoms with E-state index in [1.165, 1.54) is 5.56 Å². The number of hydrogen-bond acceptors (Lipinski definition) is 8. The second-order valence-corrected chi connectivity index (χ2v) is 5.55. The highest BCUT2D eigenvalue weighted by Gasteiger charge is 2.13. The molecule has 0 amide bonds. The Balaban J connectivity index is 1.45. The molecule has 1 aromatic carbocycles. The summed E-state index contributed by atoms with van der Waals surface area (Å²) in [6.07, 6.45) is 5.65. The molecule has 0 atom stereocenters. The predicted octanol–water partition coefficient (Wildman–Crippen LogP) is 2.33. The van der Waals surface area contributed by atoms with Gasteiger partial charge < -0.3 is 16.4 Å². The van der Waals surface area contributed by atoms with Gasteiger partial charge in [-0.15, -0.1) is 0 Å². The van der Waals surface area contributed by atoms with Crippen LogP contribution in [0.3, 0.4) is 0 Å². The Bertz CT molecular complexity index is 923. The van der Waals surface area contributed by atoms with Crippen molar-refractivity contribution in [2.45, 2.75) is 6.42 Å². The second-order valence-electron chi connectivity index (χ2n) is 5.55. The fourth-order valence-electron chi connectivity index (χ4n) is 2.61. The average molecular weight is 332 g/mol. The van der Waals surface area contributed by atoms with Gasteiger partial charge in [-0.2, -0.15) is 9.97 Å². The van der Waals surface area contributed by atoms with Crippen molar-refractivity contribution in [1.82, 2.24) is 19.9 Å². The molecule has 0 saturated carbocycles. The van der Waals surface area contributed by atoms with Gasteiger partial charge in [0, 0.05) is 30.6 Å². The zero-order chi connectivity index (χ0) is 17.1. The van der Waals surface area contributed by atoms with Crippen molar-refractivity contribution in [1.29, 1.82) is 0 Å². The Morgan fingerprint density at radius 3 is 2.76 bits per heavy atom. The van der Waals surface area contributed by atoms with Crippen molar-refractivity contribution in [3.63, 3.8) is 0 Å². The van der Waals surface area contributed by atoms with Gasteiger partial charge in [-0.05, 0) is 11.6 Å². The van der Waals surface area contributed by atoms with E-state index < -0.39 is 0 Å².